The second-order valence-corrected chi connectivity index (χ2v) is 7.80. The van der Waals surface area contributed by atoms with Crippen LogP contribution in [-0.2, 0) is 21.7 Å². The van der Waals surface area contributed by atoms with Crippen LogP contribution < -0.4 is 4.74 Å². The van der Waals surface area contributed by atoms with Gasteiger partial charge < -0.3 is 34.6 Å². The van der Waals surface area contributed by atoms with Gasteiger partial charge in [0.1, 0.15) is 30.7 Å². The van der Waals surface area contributed by atoms with E-state index in [0.29, 0.717) is 16.1 Å². The lowest BCUT2D eigenvalue weighted by Gasteiger charge is -2.63. The van der Waals surface area contributed by atoms with E-state index in [2.05, 4.69) is 4.74 Å². The summed E-state index contributed by atoms with van der Waals surface area (Å²) < 4.78 is 51.9. The number of aliphatic hydroxyl groups excluding tert-OH is 4. The van der Waals surface area contributed by atoms with E-state index in [1.54, 1.807) is 6.07 Å². The molecule has 3 aliphatic heterocycles. The van der Waals surface area contributed by atoms with Crippen molar-refractivity contribution in [3.05, 3.63) is 64.2 Å². The van der Waals surface area contributed by atoms with Gasteiger partial charge in [-0.2, -0.15) is 0 Å². The van der Waals surface area contributed by atoms with E-state index in [9.17, 15) is 33.6 Å². The molecule has 0 unspecified atom stereocenters. The predicted molar refractivity (Wildman–Crippen MR) is 99.1 cm³/mol. The number of fused-ring (bicyclic) bond motifs is 2. The maximum atomic E-state index is 12.3. The Hall–Kier alpha value is -1.92. The maximum absolute atomic E-state index is 12.3. The molecular weight excluding hydrogens is 445 g/mol. The van der Waals surface area contributed by atoms with E-state index in [-0.39, 0.29) is 17.7 Å². The fraction of sp³-hybridized carbons (Fsp3) is 0.400. The zero-order valence-electron chi connectivity index (χ0n) is 15.7. The Bertz CT molecular complexity index is 960. The second kappa shape index (κ2) is 7.59. The van der Waals surface area contributed by atoms with Crippen molar-refractivity contribution in [1.29, 1.82) is 0 Å². The SMILES string of the molecule is OCC12OC(c3ccc(Cl)c(Cc4ccc(OC(F)(F)F)cc4)c3)(O1)[C@H](O)[C@@H](O)[C@@H]2O. The van der Waals surface area contributed by atoms with E-state index in [4.69, 9.17) is 21.1 Å². The zero-order chi connectivity index (χ0) is 22.6. The van der Waals surface area contributed by atoms with Crippen LogP contribution >= 0.6 is 11.6 Å². The zero-order valence-corrected chi connectivity index (χ0v) is 16.5. The van der Waals surface area contributed by atoms with Crippen molar-refractivity contribution in [2.45, 2.75) is 42.7 Å². The Morgan fingerprint density at radius 2 is 1.65 bits per heavy atom. The first-order valence-electron chi connectivity index (χ1n) is 9.19. The lowest BCUT2D eigenvalue weighted by Crippen LogP contribution is -2.81. The van der Waals surface area contributed by atoms with Crippen molar-refractivity contribution >= 4 is 11.6 Å². The first-order valence-corrected chi connectivity index (χ1v) is 9.56. The fourth-order valence-electron chi connectivity index (χ4n) is 3.82. The molecule has 31 heavy (non-hydrogen) atoms. The van der Waals surface area contributed by atoms with Gasteiger partial charge in [0.2, 0.25) is 11.6 Å². The number of hydrogen-bond acceptors (Lipinski definition) is 7. The van der Waals surface area contributed by atoms with Crippen molar-refractivity contribution in [2.24, 2.45) is 0 Å². The second-order valence-electron chi connectivity index (χ2n) is 7.40. The van der Waals surface area contributed by atoms with Crippen LogP contribution in [0.25, 0.3) is 0 Å². The Kier molecular flexibility index (Phi) is 5.46. The Labute approximate surface area is 179 Å². The smallest absolute Gasteiger partial charge is 0.406 e. The van der Waals surface area contributed by atoms with Gasteiger partial charge in [-0.25, -0.2) is 0 Å². The number of ether oxygens (including phenoxy) is 3. The van der Waals surface area contributed by atoms with Crippen molar-refractivity contribution in [3.8, 4) is 5.75 Å². The van der Waals surface area contributed by atoms with Gasteiger partial charge in [-0.05, 0) is 41.8 Å². The third-order valence-electron chi connectivity index (χ3n) is 5.36. The van der Waals surface area contributed by atoms with Gasteiger partial charge in [0.25, 0.3) is 0 Å². The number of halogens is 4. The van der Waals surface area contributed by atoms with Gasteiger partial charge in [0.05, 0.1) is 0 Å². The standard InChI is InChI=1S/C20H18ClF3O7/c21-14-6-3-12(19-17(28)15(26)16(27)18(9-25,30-19)31-19)8-11(14)7-10-1-4-13(5-2-10)29-20(22,23)24/h1-6,8,15-17,25-28H,7,9H2/t15-,16-,17+,18?,19?/m0/s1. The summed E-state index contributed by atoms with van der Waals surface area (Å²) in [6.45, 7) is -0.744. The summed E-state index contributed by atoms with van der Waals surface area (Å²) in [5.74, 6) is -4.03. The molecule has 3 fully saturated rings. The minimum atomic E-state index is -4.79. The summed E-state index contributed by atoms with van der Waals surface area (Å²) in [6.07, 6.45) is -9.50. The molecule has 168 valence electrons. The minimum Gasteiger partial charge on any atom is -0.406 e. The molecule has 5 rings (SSSR count). The van der Waals surface area contributed by atoms with Crippen molar-refractivity contribution in [3.63, 3.8) is 0 Å². The molecule has 7 nitrogen and oxygen atoms in total. The summed E-state index contributed by atoms with van der Waals surface area (Å²) in [5.41, 5.74) is 1.46. The minimum absolute atomic E-state index is 0.224. The highest BCUT2D eigenvalue weighted by Gasteiger charge is 2.73. The van der Waals surface area contributed by atoms with Crippen LogP contribution in [0.3, 0.4) is 0 Å². The molecule has 3 heterocycles. The van der Waals surface area contributed by atoms with Crippen molar-refractivity contribution < 1.29 is 47.8 Å². The number of aliphatic hydroxyl groups is 4. The van der Waals surface area contributed by atoms with E-state index in [0.717, 1.165) is 0 Å². The van der Waals surface area contributed by atoms with Gasteiger partial charge in [-0.15, -0.1) is 13.2 Å². The summed E-state index contributed by atoms with van der Waals surface area (Å²) in [7, 11) is 0. The van der Waals surface area contributed by atoms with Crippen LogP contribution in [0, 0.1) is 0 Å². The Morgan fingerprint density at radius 3 is 2.23 bits per heavy atom. The monoisotopic (exact) mass is 462 g/mol. The summed E-state index contributed by atoms with van der Waals surface area (Å²) in [4.78, 5) is 0. The van der Waals surface area contributed by atoms with Crippen LogP contribution in [0.1, 0.15) is 16.7 Å². The molecule has 0 spiro atoms. The van der Waals surface area contributed by atoms with Crippen LogP contribution in [0.15, 0.2) is 42.5 Å². The molecule has 3 aliphatic rings. The molecule has 11 heteroatoms. The summed E-state index contributed by atoms with van der Waals surface area (Å²) >= 11 is 6.26. The van der Waals surface area contributed by atoms with Crippen molar-refractivity contribution in [2.75, 3.05) is 6.61 Å². The molecule has 0 aromatic heterocycles. The van der Waals surface area contributed by atoms with E-state index < -0.39 is 42.9 Å². The molecule has 0 amide bonds. The lowest BCUT2D eigenvalue weighted by molar-refractivity contribution is -0.591. The van der Waals surface area contributed by atoms with Crippen LogP contribution in [0.5, 0.6) is 5.75 Å². The Balaban J connectivity index is 1.59. The molecular formula is C20H18ClF3O7. The average Bonchev–Trinajstić information content (AvgIpc) is 2.68. The van der Waals surface area contributed by atoms with E-state index in [1.807, 2.05) is 0 Å². The third-order valence-corrected chi connectivity index (χ3v) is 5.72. The topological polar surface area (TPSA) is 109 Å². The number of benzene rings is 2. The molecule has 4 N–H and O–H groups in total. The highest BCUT2D eigenvalue weighted by molar-refractivity contribution is 6.31. The summed E-state index contributed by atoms with van der Waals surface area (Å²) in [5, 5.41) is 40.5. The molecule has 3 saturated heterocycles. The van der Waals surface area contributed by atoms with Gasteiger partial charge in [-0.3, -0.25) is 0 Å². The van der Waals surface area contributed by atoms with E-state index >= 15 is 0 Å². The molecule has 2 aromatic carbocycles. The van der Waals surface area contributed by atoms with Gasteiger partial charge in [0, 0.05) is 10.6 Å². The first-order chi connectivity index (χ1) is 14.5. The Morgan fingerprint density at radius 1 is 1.00 bits per heavy atom. The maximum Gasteiger partial charge on any atom is 0.573 e. The highest BCUT2D eigenvalue weighted by Crippen LogP contribution is 2.55. The number of rotatable bonds is 5. The van der Waals surface area contributed by atoms with Gasteiger partial charge in [0.15, 0.2) is 0 Å². The quantitative estimate of drug-likeness (QED) is 0.536. The normalized spacial score (nSPS) is 32.5. The van der Waals surface area contributed by atoms with Crippen LogP contribution in [0.2, 0.25) is 5.02 Å². The fourth-order valence-corrected chi connectivity index (χ4v) is 4.01. The van der Waals surface area contributed by atoms with Gasteiger partial charge >= 0.3 is 6.36 Å². The van der Waals surface area contributed by atoms with Crippen molar-refractivity contribution in [1.82, 2.24) is 0 Å². The van der Waals surface area contributed by atoms with Gasteiger partial charge in [-0.1, -0.05) is 29.8 Å². The van der Waals surface area contributed by atoms with Crippen LogP contribution in [-0.4, -0.2) is 57.5 Å². The summed E-state index contributed by atoms with van der Waals surface area (Å²) in [6, 6.07) is 9.82. The molecule has 0 saturated carbocycles. The van der Waals surface area contributed by atoms with Crippen LogP contribution in [0.4, 0.5) is 13.2 Å². The highest BCUT2D eigenvalue weighted by atomic mass is 35.5. The lowest BCUT2D eigenvalue weighted by atomic mass is 9.81. The molecule has 0 aliphatic carbocycles. The largest absolute Gasteiger partial charge is 0.573 e. The van der Waals surface area contributed by atoms with E-state index in [1.165, 1.54) is 36.4 Å². The number of alkyl halides is 3. The third kappa shape index (κ3) is 3.78. The predicted octanol–water partition coefficient (Wildman–Crippen LogP) is 1.81. The average molecular weight is 463 g/mol. The molecule has 2 bridgehead atoms. The molecule has 2 aromatic rings. The first kappa shape index (κ1) is 22.3. The molecule has 0 radical (unpaired) electrons. The number of hydrogen-bond donors (Lipinski definition) is 4. The molecule has 3 atom stereocenters.